The van der Waals surface area contributed by atoms with Gasteiger partial charge in [0, 0.05) is 12.3 Å². The summed E-state index contributed by atoms with van der Waals surface area (Å²) in [4.78, 5) is 14.1. The lowest BCUT2D eigenvalue weighted by Crippen LogP contribution is -2.40. The number of unbranched alkanes of at least 4 members (excludes halogenated alkanes) is 2. The molecular weight excluding hydrogens is 266 g/mol. The van der Waals surface area contributed by atoms with E-state index in [0.29, 0.717) is 11.3 Å². The predicted octanol–water partition coefficient (Wildman–Crippen LogP) is 1.98. The molecule has 21 heavy (non-hydrogen) atoms. The van der Waals surface area contributed by atoms with Gasteiger partial charge in [-0.05, 0) is 64.0 Å². The molecule has 5 nitrogen and oxygen atoms in total. The van der Waals surface area contributed by atoms with E-state index in [2.05, 4.69) is 5.32 Å². The Morgan fingerprint density at radius 3 is 2.57 bits per heavy atom. The van der Waals surface area contributed by atoms with Crippen LogP contribution in [-0.2, 0) is 4.79 Å². The van der Waals surface area contributed by atoms with Crippen LogP contribution in [0.4, 0.5) is 5.69 Å². The topological polar surface area (TPSA) is 76.4 Å². The lowest BCUT2D eigenvalue weighted by atomic mass is 10.2. The molecule has 0 saturated heterocycles. The summed E-state index contributed by atoms with van der Waals surface area (Å²) in [6.07, 6.45) is 2.73. The van der Waals surface area contributed by atoms with Crippen LogP contribution in [0.1, 0.15) is 31.7 Å². The number of hydrogen-bond donors (Lipinski definition) is 2. The first-order chi connectivity index (χ1) is 10.1. The molecule has 114 valence electrons. The summed E-state index contributed by atoms with van der Waals surface area (Å²) in [6, 6.07) is 8.63. The molecule has 0 fully saturated rings. The summed E-state index contributed by atoms with van der Waals surface area (Å²) >= 11 is 0. The average molecular weight is 289 g/mol. The molecule has 0 saturated carbocycles. The number of carbonyl (C=O) groups is 1. The van der Waals surface area contributed by atoms with E-state index in [9.17, 15) is 4.79 Å². The Balaban J connectivity index is 2.44. The van der Waals surface area contributed by atoms with E-state index in [0.717, 1.165) is 25.8 Å². The van der Waals surface area contributed by atoms with E-state index in [1.165, 1.54) is 0 Å². The van der Waals surface area contributed by atoms with Gasteiger partial charge in [0.15, 0.2) is 0 Å². The van der Waals surface area contributed by atoms with E-state index in [4.69, 9.17) is 10.4 Å². The van der Waals surface area contributed by atoms with Crippen LogP contribution in [0.5, 0.6) is 0 Å². The van der Waals surface area contributed by atoms with Gasteiger partial charge in [0.25, 0.3) is 0 Å². The second-order valence-electron chi connectivity index (χ2n) is 5.12. The first-order valence-corrected chi connectivity index (χ1v) is 7.20. The van der Waals surface area contributed by atoms with Crippen molar-refractivity contribution in [1.82, 2.24) is 4.90 Å². The average Bonchev–Trinajstić information content (AvgIpc) is 2.51. The van der Waals surface area contributed by atoms with Crippen LogP contribution in [0.15, 0.2) is 24.3 Å². The van der Waals surface area contributed by atoms with Gasteiger partial charge in [0.1, 0.15) is 0 Å². The van der Waals surface area contributed by atoms with Gasteiger partial charge in [-0.3, -0.25) is 9.69 Å². The van der Waals surface area contributed by atoms with E-state index < -0.39 is 0 Å². The van der Waals surface area contributed by atoms with Crippen molar-refractivity contribution in [2.24, 2.45) is 0 Å². The minimum absolute atomic E-state index is 0.0654. The van der Waals surface area contributed by atoms with Crippen LogP contribution in [-0.4, -0.2) is 42.2 Å². The van der Waals surface area contributed by atoms with E-state index in [1.54, 1.807) is 24.3 Å². The zero-order valence-corrected chi connectivity index (χ0v) is 12.7. The fraction of sp³-hybridized carbons (Fsp3) is 0.500. The second-order valence-corrected chi connectivity index (χ2v) is 5.12. The van der Waals surface area contributed by atoms with Crippen molar-refractivity contribution < 1.29 is 9.90 Å². The van der Waals surface area contributed by atoms with Crippen molar-refractivity contribution in [2.75, 3.05) is 25.5 Å². The SMILES string of the molecule is CC(C(=O)Nc1ccc(C#N)cc1)N(C)CCCCCO. The van der Waals surface area contributed by atoms with E-state index in [-0.39, 0.29) is 18.6 Å². The van der Waals surface area contributed by atoms with Crippen LogP contribution in [0, 0.1) is 11.3 Å². The number of carbonyl (C=O) groups excluding carboxylic acids is 1. The molecular formula is C16H23N3O2. The predicted molar refractivity (Wildman–Crippen MR) is 82.8 cm³/mol. The summed E-state index contributed by atoms with van der Waals surface area (Å²) in [5, 5.41) is 20.3. The van der Waals surface area contributed by atoms with Crippen molar-refractivity contribution >= 4 is 11.6 Å². The number of nitriles is 1. The number of amides is 1. The van der Waals surface area contributed by atoms with Crippen molar-refractivity contribution in [3.8, 4) is 6.07 Å². The highest BCUT2D eigenvalue weighted by Crippen LogP contribution is 2.10. The first kappa shape index (κ1) is 17.2. The molecule has 0 heterocycles. The lowest BCUT2D eigenvalue weighted by molar-refractivity contribution is -0.120. The van der Waals surface area contributed by atoms with Crippen LogP contribution in [0.2, 0.25) is 0 Å². The third-order valence-corrected chi connectivity index (χ3v) is 3.49. The molecule has 5 heteroatoms. The molecule has 1 unspecified atom stereocenters. The highest BCUT2D eigenvalue weighted by Gasteiger charge is 2.17. The highest BCUT2D eigenvalue weighted by atomic mass is 16.2. The number of benzene rings is 1. The van der Waals surface area contributed by atoms with Crippen LogP contribution < -0.4 is 5.32 Å². The third kappa shape index (κ3) is 5.94. The Hall–Kier alpha value is -1.90. The summed E-state index contributed by atoms with van der Waals surface area (Å²) in [5.41, 5.74) is 1.27. The Morgan fingerprint density at radius 1 is 1.33 bits per heavy atom. The van der Waals surface area contributed by atoms with Gasteiger partial charge < -0.3 is 10.4 Å². The molecule has 1 aromatic rings. The maximum absolute atomic E-state index is 12.1. The van der Waals surface area contributed by atoms with E-state index >= 15 is 0 Å². The fourth-order valence-electron chi connectivity index (χ4n) is 1.92. The molecule has 0 aromatic heterocycles. The summed E-state index contributed by atoms with van der Waals surface area (Å²) in [7, 11) is 1.92. The van der Waals surface area contributed by atoms with Gasteiger partial charge in [-0.25, -0.2) is 0 Å². The van der Waals surface area contributed by atoms with Crippen molar-refractivity contribution in [3.05, 3.63) is 29.8 Å². The maximum Gasteiger partial charge on any atom is 0.241 e. The van der Waals surface area contributed by atoms with E-state index in [1.807, 2.05) is 24.9 Å². The summed E-state index contributed by atoms with van der Waals surface area (Å²) in [6.45, 7) is 2.91. The lowest BCUT2D eigenvalue weighted by Gasteiger charge is -2.23. The second kappa shape index (κ2) is 9.11. The van der Waals surface area contributed by atoms with Crippen LogP contribution in [0.3, 0.4) is 0 Å². The Bertz CT molecular complexity index is 479. The van der Waals surface area contributed by atoms with Crippen LogP contribution >= 0.6 is 0 Å². The number of aliphatic hydroxyl groups is 1. The highest BCUT2D eigenvalue weighted by molar-refractivity contribution is 5.94. The Kier molecular flexibility index (Phi) is 7.44. The van der Waals surface area contributed by atoms with Crippen LogP contribution in [0.25, 0.3) is 0 Å². The smallest absolute Gasteiger partial charge is 0.241 e. The number of rotatable bonds is 8. The molecule has 0 bridgehead atoms. The molecule has 0 radical (unpaired) electrons. The Morgan fingerprint density at radius 2 is 2.00 bits per heavy atom. The summed E-state index contributed by atoms with van der Waals surface area (Å²) < 4.78 is 0. The molecule has 1 atom stereocenters. The minimum atomic E-state index is -0.227. The normalized spacial score (nSPS) is 12.0. The molecule has 2 N–H and O–H groups in total. The number of nitrogens with one attached hydrogen (secondary N) is 1. The largest absolute Gasteiger partial charge is 0.396 e. The van der Waals surface area contributed by atoms with Gasteiger partial charge in [-0.2, -0.15) is 5.26 Å². The standard InChI is InChI=1S/C16H23N3O2/c1-13(19(2)10-4-3-5-11-20)16(21)18-15-8-6-14(12-17)7-9-15/h6-9,13,20H,3-5,10-11H2,1-2H3,(H,18,21). The number of aliphatic hydroxyl groups excluding tert-OH is 1. The molecule has 0 aliphatic heterocycles. The molecule has 1 aromatic carbocycles. The monoisotopic (exact) mass is 289 g/mol. The number of nitrogens with zero attached hydrogens (tertiary/aromatic N) is 2. The van der Waals surface area contributed by atoms with Gasteiger partial charge in [0.2, 0.25) is 5.91 Å². The van der Waals surface area contributed by atoms with Gasteiger partial charge in [-0.1, -0.05) is 0 Å². The van der Waals surface area contributed by atoms with Crippen molar-refractivity contribution in [2.45, 2.75) is 32.2 Å². The maximum atomic E-state index is 12.1. The molecule has 1 amide bonds. The van der Waals surface area contributed by atoms with Crippen molar-refractivity contribution in [3.63, 3.8) is 0 Å². The molecule has 1 rings (SSSR count). The molecule has 0 spiro atoms. The van der Waals surface area contributed by atoms with Gasteiger partial charge in [0.05, 0.1) is 17.7 Å². The number of likely N-dealkylation sites (N-methyl/N-ethyl adjacent to an activating group) is 1. The first-order valence-electron chi connectivity index (χ1n) is 7.20. The van der Waals surface area contributed by atoms with Gasteiger partial charge >= 0.3 is 0 Å². The fourth-order valence-corrected chi connectivity index (χ4v) is 1.92. The zero-order chi connectivity index (χ0) is 15.7. The number of hydrogen-bond acceptors (Lipinski definition) is 4. The minimum Gasteiger partial charge on any atom is -0.396 e. The summed E-state index contributed by atoms with van der Waals surface area (Å²) in [5.74, 6) is -0.0654. The van der Waals surface area contributed by atoms with Gasteiger partial charge in [-0.15, -0.1) is 0 Å². The third-order valence-electron chi connectivity index (χ3n) is 3.49. The quantitative estimate of drug-likeness (QED) is 0.717. The van der Waals surface area contributed by atoms with Crippen molar-refractivity contribution in [1.29, 1.82) is 5.26 Å². The number of anilines is 1. The Labute approximate surface area is 126 Å². The zero-order valence-electron chi connectivity index (χ0n) is 12.7. The molecule has 0 aliphatic carbocycles. The molecule has 0 aliphatic rings.